The van der Waals surface area contributed by atoms with Crippen LogP contribution in [0.15, 0.2) is 42.6 Å². The van der Waals surface area contributed by atoms with Crippen LogP contribution in [0.4, 0.5) is 13.6 Å². The highest BCUT2D eigenvalue weighted by Gasteiger charge is 2.58. The van der Waals surface area contributed by atoms with Gasteiger partial charge in [-0.05, 0) is 103 Å². The average Bonchev–Trinajstić information content (AvgIpc) is 3.62. The number of halogens is 4. The normalized spacial score (nSPS) is 24.9. The molecule has 17 heteroatoms. The largest absolute Gasteiger partial charge is 0.485 e. The number of benzene rings is 2. The standard InChI is InChI=1S/C52H56Cl2F2N6O7/c1-26-39(68-40-23-41(65-6)58-24-35(40)55)22-37(61(26)50(63)28-15-16-28)36-21-33-46(27(2)67-42-14-7-8-18-66-42)59-47-32(19-29(11-10-17-57)43(45(47)56)31-12-9-13-34(53)44(31)54)49(33)62(36)48-30-20-38(48)60(25-30)51(64)69-52(3,4)5/h9,12-13,19,21,23-24,26-28,30,37-39,42,48H,7-8,10-11,14-16,18,20,22,25H2,1-6H3/t26-,27-,30-,37-,38-,39+,42?,48+/m1/s1. The zero-order valence-corrected chi connectivity index (χ0v) is 41.1. The number of likely N-dealkylation sites (tertiary alicyclic amines) is 1. The van der Waals surface area contributed by atoms with E-state index in [1.807, 2.05) is 51.7 Å². The number of nitriles is 1. The van der Waals surface area contributed by atoms with Crippen molar-refractivity contribution < 1.29 is 42.1 Å². The summed E-state index contributed by atoms with van der Waals surface area (Å²) in [7, 11) is 1.44. The van der Waals surface area contributed by atoms with E-state index in [0.29, 0.717) is 59.1 Å². The predicted molar refractivity (Wildman–Crippen MR) is 255 cm³/mol. The Morgan fingerprint density at radius 3 is 2.58 bits per heavy atom. The Morgan fingerprint density at radius 1 is 1.07 bits per heavy atom. The lowest BCUT2D eigenvalue weighted by Gasteiger charge is -2.41. The third-order valence-electron chi connectivity index (χ3n) is 14.5. The number of amides is 2. The maximum Gasteiger partial charge on any atom is 0.410 e. The molecule has 5 aromatic rings. The van der Waals surface area contributed by atoms with E-state index in [1.165, 1.54) is 13.2 Å². The van der Waals surface area contributed by atoms with Crippen LogP contribution in [0.5, 0.6) is 11.6 Å². The first-order chi connectivity index (χ1) is 33.1. The molecular weight excluding hydrogens is 930 g/mol. The molecule has 8 atom stereocenters. The second-order valence-electron chi connectivity index (χ2n) is 20.2. The number of hydrogen-bond acceptors (Lipinski definition) is 10. The molecule has 0 spiro atoms. The molecule has 364 valence electrons. The van der Waals surface area contributed by atoms with Gasteiger partial charge in [-0.25, -0.2) is 23.5 Å². The number of methoxy groups -OCH3 is 1. The van der Waals surface area contributed by atoms with Gasteiger partial charge in [0.25, 0.3) is 0 Å². The Hall–Kier alpha value is -5.27. The van der Waals surface area contributed by atoms with Crippen molar-refractivity contribution in [1.29, 1.82) is 5.26 Å². The van der Waals surface area contributed by atoms with E-state index in [1.54, 1.807) is 23.1 Å². The molecule has 2 aromatic carbocycles. The van der Waals surface area contributed by atoms with Gasteiger partial charge >= 0.3 is 6.09 Å². The summed E-state index contributed by atoms with van der Waals surface area (Å²) in [6.45, 7) is 10.3. The average molecular weight is 986 g/mol. The quantitative estimate of drug-likeness (QED) is 0.119. The van der Waals surface area contributed by atoms with Gasteiger partial charge in [0.1, 0.15) is 23.3 Å². The number of fused-ring (bicyclic) bond motifs is 4. The number of aryl methyl sites for hydroxylation is 1. The van der Waals surface area contributed by atoms with Gasteiger partial charge in [-0.1, -0.05) is 35.3 Å². The zero-order valence-electron chi connectivity index (χ0n) is 39.6. The fourth-order valence-corrected chi connectivity index (χ4v) is 11.5. The van der Waals surface area contributed by atoms with Crippen LogP contribution < -0.4 is 9.47 Å². The van der Waals surface area contributed by atoms with E-state index in [2.05, 4.69) is 15.6 Å². The van der Waals surface area contributed by atoms with E-state index in [4.69, 9.17) is 51.9 Å². The van der Waals surface area contributed by atoms with Crippen LogP contribution in [0.25, 0.3) is 32.9 Å². The highest BCUT2D eigenvalue weighted by atomic mass is 35.5. The molecule has 6 aliphatic rings. The highest BCUT2D eigenvalue weighted by Crippen LogP contribution is 2.55. The van der Waals surface area contributed by atoms with Gasteiger partial charge in [0.15, 0.2) is 23.7 Å². The summed E-state index contributed by atoms with van der Waals surface area (Å²) >= 11 is 13.4. The molecule has 2 saturated carbocycles. The monoisotopic (exact) mass is 984 g/mol. The number of carbonyl (C=O) groups excluding carboxylic acids is 2. The minimum atomic E-state index is -0.738. The summed E-state index contributed by atoms with van der Waals surface area (Å²) in [6, 6.07) is 10.9. The molecule has 3 aromatic heterocycles. The molecule has 6 fully saturated rings. The molecule has 7 heterocycles. The fraction of sp³-hybridized carbons (Fsp3) is 0.519. The summed E-state index contributed by atoms with van der Waals surface area (Å²) in [4.78, 5) is 41.6. The minimum absolute atomic E-state index is 0.0302. The predicted octanol–water partition coefficient (Wildman–Crippen LogP) is 11.6. The summed E-state index contributed by atoms with van der Waals surface area (Å²) < 4.78 is 66.4. The Bertz CT molecular complexity index is 2890. The molecule has 0 radical (unpaired) electrons. The number of nitrogens with zero attached hydrogens (tertiary/aromatic N) is 6. The summed E-state index contributed by atoms with van der Waals surface area (Å²) in [5, 5.41) is 11.5. The van der Waals surface area contributed by atoms with Crippen molar-refractivity contribution in [1.82, 2.24) is 24.3 Å². The van der Waals surface area contributed by atoms with E-state index >= 15 is 8.78 Å². The van der Waals surface area contributed by atoms with Crippen LogP contribution in [0.3, 0.4) is 0 Å². The van der Waals surface area contributed by atoms with Crippen LogP contribution in [-0.4, -0.2) is 86.7 Å². The van der Waals surface area contributed by atoms with Crippen molar-refractivity contribution in [2.75, 3.05) is 20.3 Å². The Kier molecular flexibility index (Phi) is 12.7. The zero-order chi connectivity index (χ0) is 48.6. The number of carbonyl (C=O) groups is 2. The summed E-state index contributed by atoms with van der Waals surface area (Å²) in [6.07, 6.45) is 4.02. The summed E-state index contributed by atoms with van der Waals surface area (Å²) in [5.41, 5.74) is 2.26. The molecule has 0 N–H and O–H groups in total. The van der Waals surface area contributed by atoms with Gasteiger partial charge in [-0.2, -0.15) is 5.26 Å². The smallest absolute Gasteiger partial charge is 0.410 e. The molecule has 2 amide bonds. The van der Waals surface area contributed by atoms with Crippen LogP contribution >= 0.6 is 23.2 Å². The summed E-state index contributed by atoms with van der Waals surface area (Å²) in [5.74, 6) is -1.42. The Balaban J connectivity index is 1.24. The topological polar surface area (TPSA) is 141 Å². The SMILES string of the molecule is COc1cc(O[C@H]2C[C@H](c3cc4c([C@@H](C)OC5CCCCO5)nc5c(F)c(-c6cccc(Cl)c6Cl)c(CCC#N)cc5c4n3[C@H]3[C@@H]4C[C@H]3N(C(=O)OC(C)(C)C)C4)N(C(=O)C3CC3)[C@@H]2C)c(F)cn1. The molecule has 4 aliphatic heterocycles. The lowest BCUT2D eigenvalue weighted by atomic mass is 9.79. The van der Waals surface area contributed by atoms with Crippen molar-refractivity contribution >= 4 is 57.0 Å². The van der Waals surface area contributed by atoms with Crippen LogP contribution in [0.1, 0.15) is 121 Å². The van der Waals surface area contributed by atoms with Gasteiger partial charge in [-0.3, -0.25) is 4.79 Å². The maximum absolute atomic E-state index is 18.2. The maximum atomic E-state index is 18.2. The van der Waals surface area contributed by atoms with Crippen molar-refractivity contribution in [2.45, 2.75) is 141 Å². The molecule has 11 rings (SSSR count). The molecule has 2 bridgehead atoms. The number of aromatic nitrogens is 3. The van der Waals surface area contributed by atoms with E-state index in [-0.39, 0.29) is 81.8 Å². The van der Waals surface area contributed by atoms with Gasteiger partial charge < -0.3 is 38.1 Å². The number of hydrogen-bond donors (Lipinski definition) is 0. The highest BCUT2D eigenvalue weighted by molar-refractivity contribution is 6.43. The number of ether oxygens (including phenoxy) is 5. The van der Waals surface area contributed by atoms with Crippen LogP contribution in [0, 0.1) is 34.8 Å². The van der Waals surface area contributed by atoms with Gasteiger partial charge in [0.2, 0.25) is 11.8 Å². The molecule has 13 nitrogen and oxygen atoms in total. The van der Waals surface area contributed by atoms with E-state index in [0.717, 1.165) is 37.6 Å². The molecule has 69 heavy (non-hydrogen) atoms. The Labute approximate surface area is 409 Å². The second-order valence-corrected chi connectivity index (χ2v) is 21.0. The molecule has 4 saturated heterocycles. The lowest BCUT2D eigenvalue weighted by Crippen LogP contribution is -2.45. The molecule has 1 unspecified atom stereocenters. The van der Waals surface area contributed by atoms with Gasteiger partial charge in [0, 0.05) is 71.5 Å². The lowest BCUT2D eigenvalue weighted by molar-refractivity contribution is -0.186. The van der Waals surface area contributed by atoms with Gasteiger partial charge in [0.05, 0.1) is 64.8 Å². The minimum Gasteiger partial charge on any atom is -0.485 e. The van der Waals surface area contributed by atoms with Gasteiger partial charge in [-0.15, -0.1) is 0 Å². The third-order valence-corrected chi connectivity index (χ3v) is 15.3. The van der Waals surface area contributed by atoms with E-state index in [9.17, 15) is 14.9 Å². The molecular formula is C52H56Cl2F2N6O7. The first-order valence-electron chi connectivity index (χ1n) is 24.0. The van der Waals surface area contributed by atoms with Crippen LogP contribution in [0.2, 0.25) is 10.0 Å². The van der Waals surface area contributed by atoms with E-state index < -0.39 is 53.9 Å². The van der Waals surface area contributed by atoms with Crippen molar-refractivity contribution in [2.24, 2.45) is 11.8 Å². The van der Waals surface area contributed by atoms with Crippen molar-refractivity contribution in [3.8, 4) is 28.8 Å². The first-order valence-corrected chi connectivity index (χ1v) is 24.8. The van der Waals surface area contributed by atoms with Crippen molar-refractivity contribution in [3.05, 3.63) is 81.2 Å². The first kappa shape index (κ1) is 47.4. The molecule has 2 aliphatic carbocycles. The van der Waals surface area contributed by atoms with Crippen molar-refractivity contribution in [3.63, 3.8) is 0 Å². The van der Waals surface area contributed by atoms with Crippen LogP contribution in [-0.2, 0) is 25.4 Å². The third kappa shape index (κ3) is 8.63. The number of rotatable bonds is 12. The second kappa shape index (κ2) is 18.5. The Morgan fingerprint density at radius 2 is 1.87 bits per heavy atom. The fourth-order valence-electron chi connectivity index (χ4n) is 11.1. The number of pyridine rings is 2.